The average molecular weight is 635 g/mol. The number of nitrogens with zero attached hydrogens (tertiary/aromatic N) is 8. The zero-order valence-electron chi connectivity index (χ0n) is 22.3. The Hall–Kier alpha value is -4.02. The number of carboxylic acids is 1. The first-order valence-corrected chi connectivity index (χ1v) is 15.6. The van der Waals surface area contributed by atoms with Crippen molar-refractivity contribution in [1.29, 1.82) is 5.26 Å². The normalized spacial score (nSPS) is 18.1. The molecule has 1 saturated heterocycles. The second-order valence-corrected chi connectivity index (χ2v) is 11.7. The van der Waals surface area contributed by atoms with Crippen molar-refractivity contribution in [1.82, 2.24) is 35.4 Å². The molecule has 16 nitrogen and oxygen atoms in total. The molecule has 2 aromatic rings. The van der Waals surface area contributed by atoms with Gasteiger partial charge in [-0.3, -0.25) is 19.3 Å². The van der Waals surface area contributed by atoms with Crippen LogP contribution in [0.5, 0.6) is 0 Å². The number of β-lactam (4-membered cyclic amide) rings is 1. The Bertz CT molecular complexity index is 1430. The molecule has 0 aromatic carbocycles. The number of amides is 3. The van der Waals surface area contributed by atoms with E-state index >= 15 is 0 Å². The van der Waals surface area contributed by atoms with E-state index in [1.54, 1.807) is 10.8 Å². The molecule has 2 atom stereocenters. The zero-order chi connectivity index (χ0) is 30.1. The van der Waals surface area contributed by atoms with Gasteiger partial charge in [0.15, 0.2) is 10.8 Å². The zero-order valence-corrected chi connectivity index (χ0v) is 24.7. The van der Waals surface area contributed by atoms with Gasteiger partial charge < -0.3 is 20.6 Å². The number of aliphatic carboxylic acids is 1. The summed E-state index contributed by atoms with van der Waals surface area (Å²) in [4.78, 5) is 59.3. The van der Waals surface area contributed by atoms with Gasteiger partial charge in [0.1, 0.15) is 28.9 Å². The van der Waals surface area contributed by atoms with E-state index in [4.69, 9.17) is 10.1 Å². The summed E-state index contributed by atoms with van der Waals surface area (Å²) in [7, 11) is 0. The molecule has 1 unspecified atom stereocenters. The van der Waals surface area contributed by atoms with Gasteiger partial charge in [-0.05, 0) is 22.4 Å². The summed E-state index contributed by atoms with van der Waals surface area (Å²) < 4.78 is 1.69. The molecule has 42 heavy (non-hydrogen) atoms. The van der Waals surface area contributed by atoms with Gasteiger partial charge in [0.25, 0.3) is 11.8 Å². The van der Waals surface area contributed by atoms with E-state index in [0.717, 1.165) is 37.0 Å². The van der Waals surface area contributed by atoms with Gasteiger partial charge in [-0.25, -0.2) is 14.5 Å². The summed E-state index contributed by atoms with van der Waals surface area (Å²) in [5, 5.41) is 40.7. The molecule has 0 bridgehead atoms. The fourth-order valence-electron chi connectivity index (χ4n) is 4.11. The van der Waals surface area contributed by atoms with Gasteiger partial charge in [0.05, 0.1) is 0 Å². The Kier molecular flexibility index (Phi) is 10.9. The number of nitrogens with one attached hydrogen (secondary N) is 2. The molecule has 4 rings (SSSR count). The van der Waals surface area contributed by atoms with Crippen LogP contribution in [-0.2, 0) is 30.6 Å². The van der Waals surface area contributed by atoms with E-state index in [0.29, 0.717) is 29.4 Å². The summed E-state index contributed by atoms with van der Waals surface area (Å²) in [6.07, 6.45) is 4.64. The Labute approximate surface area is 251 Å². The lowest BCUT2D eigenvalue weighted by atomic mass is 10.0. The summed E-state index contributed by atoms with van der Waals surface area (Å²) in [6.45, 7) is 2.35. The largest absolute Gasteiger partial charge is 0.477 e. The van der Waals surface area contributed by atoms with Crippen molar-refractivity contribution in [3.05, 3.63) is 22.3 Å². The van der Waals surface area contributed by atoms with E-state index in [1.165, 1.54) is 33.8 Å². The monoisotopic (exact) mass is 634 g/mol. The highest BCUT2D eigenvalue weighted by atomic mass is 32.2. The number of fused-ring (bicyclic) bond motifs is 1. The number of carboxylic acid groups (broad SMARTS) is 1. The Morgan fingerprint density at radius 2 is 2.21 bits per heavy atom. The lowest BCUT2D eigenvalue weighted by Crippen LogP contribution is -2.71. The number of oxime groups is 1. The third-order valence-electron chi connectivity index (χ3n) is 6.06. The lowest BCUT2D eigenvalue weighted by Gasteiger charge is -2.49. The van der Waals surface area contributed by atoms with Gasteiger partial charge in [-0.1, -0.05) is 43.1 Å². The van der Waals surface area contributed by atoms with Crippen molar-refractivity contribution in [2.45, 2.75) is 55.7 Å². The third kappa shape index (κ3) is 7.06. The molecule has 3 amide bonds. The van der Waals surface area contributed by atoms with E-state index in [-0.39, 0.29) is 28.0 Å². The highest BCUT2D eigenvalue weighted by Crippen LogP contribution is 2.41. The van der Waals surface area contributed by atoms with Crippen LogP contribution >= 0.6 is 34.9 Å². The molecule has 4 heterocycles. The topological polar surface area (TPSA) is 218 Å². The van der Waals surface area contributed by atoms with Crippen molar-refractivity contribution in [3.8, 4) is 6.07 Å². The fourth-order valence-corrected chi connectivity index (χ4v) is 7.16. The van der Waals surface area contributed by atoms with Crippen molar-refractivity contribution in [3.63, 3.8) is 0 Å². The van der Waals surface area contributed by atoms with Gasteiger partial charge in [0, 0.05) is 23.4 Å². The second kappa shape index (κ2) is 14.7. The summed E-state index contributed by atoms with van der Waals surface area (Å²) in [5.41, 5.74) is 0.153. The van der Waals surface area contributed by atoms with Gasteiger partial charge in [-0.15, -0.1) is 28.2 Å². The molecule has 2 aromatic heterocycles. The number of anilines is 1. The Morgan fingerprint density at radius 3 is 2.95 bits per heavy atom. The van der Waals surface area contributed by atoms with Crippen LogP contribution in [0.15, 0.2) is 27.0 Å². The van der Waals surface area contributed by atoms with Crippen LogP contribution in [0.3, 0.4) is 0 Å². The van der Waals surface area contributed by atoms with Gasteiger partial charge >= 0.3 is 5.97 Å². The summed E-state index contributed by atoms with van der Waals surface area (Å²) in [6, 6.07) is 0.692. The molecule has 0 saturated carbocycles. The van der Waals surface area contributed by atoms with Crippen molar-refractivity contribution >= 4 is 69.9 Å². The Balaban J connectivity index is 1.44. The fraction of sp³-hybridized carbons (Fsp3) is 0.478. The van der Waals surface area contributed by atoms with Crippen molar-refractivity contribution < 1.29 is 29.1 Å². The number of hydrogen-bond acceptors (Lipinski definition) is 14. The number of thioether (sulfide) groups is 2. The average Bonchev–Trinajstić information content (AvgIpc) is 3.64. The van der Waals surface area contributed by atoms with E-state index in [1.807, 2.05) is 0 Å². The van der Waals surface area contributed by atoms with Gasteiger partial charge in [-0.2, -0.15) is 5.26 Å². The highest BCUT2D eigenvalue weighted by molar-refractivity contribution is 8.01. The molecule has 2 aliphatic heterocycles. The van der Waals surface area contributed by atoms with Crippen LogP contribution in [0.1, 0.15) is 38.3 Å². The van der Waals surface area contributed by atoms with Gasteiger partial charge in [0.2, 0.25) is 18.2 Å². The second-order valence-electron chi connectivity index (χ2n) is 8.82. The minimum atomic E-state index is -1.25. The molecule has 19 heteroatoms. The van der Waals surface area contributed by atoms with Crippen LogP contribution in [0.2, 0.25) is 0 Å². The molecular formula is C23H26N10O6S3. The van der Waals surface area contributed by atoms with Crippen LogP contribution in [0.4, 0.5) is 5.13 Å². The van der Waals surface area contributed by atoms with Crippen LogP contribution in [0.25, 0.3) is 0 Å². The SMILES string of the molecule is CCCCCCn1nnnc1SCC1=C(C(=O)O)N2C(=O)C(NC(=O)C(=NOCC#N)c3csc(NC=O)n3)[C@H]2SC1. The van der Waals surface area contributed by atoms with E-state index in [2.05, 4.69) is 43.2 Å². The molecular weight excluding hydrogens is 609 g/mol. The smallest absolute Gasteiger partial charge is 0.352 e. The van der Waals surface area contributed by atoms with Crippen molar-refractivity contribution in [2.75, 3.05) is 23.4 Å². The predicted molar refractivity (Wildman–Crippen MR) is 152 cm³/mol. The molecule has 0 spiro atoms. The number of carbonyl (C=O) groups excluding carboxylic acids is 3. The molecule has 3 N–H and O–H groups in total. The number of aryl methyl sites for hydroxylation is 1. The number of rotatable bonds is 16. The quantitative estimate of drug-likeness (QED) is 0.0588. The number of thiazole rings is 1. The van der Waals surface area contributed by atoms with Crippen LogP contribution in [-0.4, -0.2) is 94.6 Å². The predicted octanol–water partition coefficient (Wildman–Crippen LogP) is 1.05. The maximum atomic E-state index is 13.1. The number of hydrogen-bond donors (Lipinski definition) is 3. The Morgan fingerprint density at radius 1 is 1.38 bits per heavy atom. The summed E-state index contributed by atoms with van der Waals surface area (Å²) in [5.74, 6) is -2.08. The first kappa shape index (κ1) is 30.9. The first-order valence-electron chi connectivity index (χ1n) is 12.7. The minimum absolute atomic E-state index is 0.0536. The third-order valence-corrected chi connectivity index (χ3v) is 9.22. The summed E-state index contributed by atoms with van der Waals surface area (Å²) >= 11 is 3.65. The maximum absolute atomic E-state index is 13.1. The highest BCUT2D eigenvalue weighted by Gasteiger charge is 2.54. The number of carbonyl (C=O) groups is 4. The number of tetrazole rings is 1. The first-order chi connectivity index (χ1) is 20.4. The molecule has 222 valence electrons. The number of aromatic nitrogens is 5. The minimum Gasteiger partial charge on any atom is -0.477 e. The standard InChI is InChI=1S/C23H26N10O6S3/c1-2-3-4-5-7-32-23(28-30-31-32)42-10-13-9-40-20-16(19(36)33(20)17(13)21(37)38)27-18(35)15(29-39-8-6-24)14-11-41-22(26-14)25-12-34/h11-12,16,20H,2-5,7-10H2,1H3,(H,27,35)(H,37,38)(H,25,26,34)/t16?,20-/m1/s1. The van der Waals surface area contributed by atoms with Crippen LogP contribution < -0.4 is 10.6 Å². The molecule has 0 aliphatic carbocycles. The molecule has 0 radical (unpaired) electrons. The van der Waals surface area contributed by atoms with E-state index < -0.39 is 35.8 Å². The maximum Gasteiger partial charge on any atom is 0.352 e. The van der Waals surface area contributed by atoms with E-state index in [9.17, 15) is 24.3 Å². The molecule has 1 fully saturated rings. The van der Waals surface area contributed by atoms with Crippen LogP contribution in [0, 0.1) is 11.3 Å². The van der Waals surface area contributed by atoms with Crippen molar-refractivity contribution in [2.24, 2.45) is 5.16 Å². The number of unbranched alkanes of at least 4 members (excludes halogenated alkanes) is 3. The lowest BCUT2D eigenvalue weighted by molar-refractivity contribution is -0.150. The molecule has 2 aliphatic rings. The number of nitriles is 1.